The zero-order valence-corrected chi connectivity index (χ0v) is 11.2. The predicted octanol–water partition coefficient (Wildman–Crippen LogP) is 1.31. The number of aromatic nitrogens is 1. The molecule has 0 aromatic carbocycles. The SMILES string of the molecule is CCC1(CNC(=O)c2ccc(C#CCN)cn2)CC1. The van der Waals surface area contributed by atoms with Crippen molar-refractivity contribution in [2.24, 2.45) is 11.1 Å². The van der Waals surface area contributed by atoms with E-state index in [0.717, 1.165) is 18.5 Å². The van der Waals surface area contributed by atoms with E-state index < -0.39 is 0 Å². The molecule has 0 spiro atoms. The molecule has 3 N–H and O–H groups in total. The molecule has 0 atom stereocenters. The molecule has 1 saturated carbocycles. The first-order valence-corrected chi connectivity index (χ1v) is 6.62. The summed E-state index contributed by atoms with van der Waals surface area (Å²) in [5, 5.41) is 2.96. The summed E-state index contributed by atoms with van der Waals surface area (Å²) in [6, 6.07) is 3.48. The molecule has 1 heterocycles. The first-order chi connectivity index (χ1) is 9.19. The van der Waals surface area contributed by atoms with E-state index in [0.29, 0.717) is 17.7 Å². The number of amides is 1. The number of nitrogens with one attached hydrogen (secondary N) is 1. The number of nitrogens with zero attached hydrogens (tertiary/aromatic N) is 1. The highest BCUT2D eigenvalue weighted by Crippen LogP contribution is 2.47. The molecule has 4 heteroatoms. The van der Waals surface area contributed by atoms with Gasteiger partial charge < -0.3 is 11.1 Å². The second-order valence-corrected chi connectivity index (χ2v) is 4.97. The Labute approximate surface area is 113 Å². The Bertz CT molecular complexity index is 506. The molecule has 0 saturated heterocycles. The molecule has 0 bridgehead atoms. The highest BCUT2D eigenvalue weighted by molar-refractivity contribution is 5.92. The van der Waals surface area contributed by atoms with Crippen molar-refractivity contribution in [3.8, 4) is 11.8 Å². The van der Waals surface area contributed by atoms with Gasteiger partial charge in [0, 0.05) is 18.3 Å². The van der Waals surface area contributed by atoms with Gasteiger partial charge in [0.25, 0.3) is 5.91 Å². The van der Waals surface area contributed by atoms with Gasteiger partial charge in [0.2, 0.25) is 0 Å². The van der Waals surface area contributed by atoms with Crippen LogP contribution in [0.2, 0.25) is 0 Å². The van der Waals surface area contributed by atoms with Crippen LogP contribution in [0.1, 0.15) is 42.2 Å². The lowest BCUT2D eigenvalue weighted by molar-refractivity contribution is 0.0939. The maximum atomic E-state index is 11.9. The van der Waals surface area contributed by atoms with Crippen LogP contribution in [0, 0.1) is 17.3 Å². The number of carbonyl (C=O) groups excluding carboxylic acids is 1. The molecule has 0 radical (unpaired) electrons. The summed E-state index contributed by atoms with van der Waals surface area (Å²) in [5.74, 6) is 5.52. The van der Waals surface area contributed by atoms with E-state index in [1.165, 1.54) is 12.8 Å². The largest absolute Gasteiger partial charge is 0.350 e. The number of rotatable bonds is 4. The zero-order valence-electron chi connectivity index (χ0n) is 11.2. The van der Waals surface area contributed by atoms with Crippen LogP contribution in [0.5, 0.6) is 0 Å². The van der Waals surface area contributed by atoms with Crippen LogP contribution >= 0.6 is 0 Å². The van der Waals surface area contributed by atoms with E-state index in [1.54, 1.807) is 18.3 Å². The normalized spacial score (nSPS) is 15.3. The average molecular weight is 257 g/mol. The monoisotopic (exact) mass is 257 g/mol. The van der Waals surface area contributed by atoms with Gasteiger partial charge >= 0.3 is 0 Å². The summed E-state index contributed by atoms with van der Waals surface area (Å²) >= 11 is 0. The van der Waals surface area contributed by atoms with Gasteiger partial charge in [-0.05, 0) is 36.8 Å². The number of hydrogen-bond acceptors (Lipinski definition) is 3. The summed E-state index contributed by atoms with van der Waals surface area (Å²) < 4.78 is 0. The van der Waals surface area contributed by atoms with E-state index in [1.807, 2.05) is 0 Å². The number of pyridine rings is 1. The van der Waals surface area contributed by atoms with Gasteiger partial charge in [-0.2, -0.15) is 0 Å². The average Bonchev–Trinajstić information content (AvgIpc) is 3.24. The van der Waals surface area contributed by atoms with Crippen molar-refractivity contribution in [3.63, 3.8) is 0 Å². The highest BCUT2D eigenvalue weighted by Gasteiger charge is 2.40. The van der Waals surface area contributed by atoms with Crippen LogP contribution in [-0.2, 0) is 0 Å². The fourth-order valence-corrected chi connectivity index (χ4v) is 1.95. The Hall–Kier alpha value is -1.86. The van der Waals surface area contributed by atoms with Crippen molar-refractivity contribution in [1.29, 1.82) is 0 Å². The second-order valence-electron chi connectivity index (χ2n) is 4.97. The van der Waals surface area contributed by atoms with Crippen LogP contribution < -0.4 is 11.1 Å². The molecular weight excluding hydrogens is 238 g/mol. The molecule has 2 rings (SSSR count). The van der Waals surface area contributed by atoms with Crippen LogP contribution in [0.25, 0.3) is 0 Å². The van der Waals surface area contributed by atoms with Gasteiger partial charge in [0.05, 0.1) is 6.54 Å². The summed E-state index contributed by atoms with van der Waals surface area (Å²) in [6.45, 7) is 3.24. The topological polar surface area (TPSA) is 68.0 Å². The van der Waals surface area contributed by atoms with Crippen molar-refractivity contribution in [2.75, 3.05) is 13.1 Å². The van der Waals surface area contributed by atoms with Gasteiger partial charge in [-0.3, -0.25) is 4.79 Å². The van der Waals surface area contributed by atoms with E-state index in [-0.39, 0.29) is 5.91 Å². The summed E-state index contributed by atoms with van der Waals surface area (Å²) in [5.41, 5.74) is 6.85. The van der Waals surface area contributed by atoms with Gasteiger partial charge in [0.1, 0.15) is 5.69 Å². The van der Waals surface area contributed by atoms with Crippen LogP contribution in [0.4, 0.5) is 0 Å². The Morgan fingerprint density at radius 2 is 2.32 bits per heavy atom. The predicted molar refractivity (Wildman–Crippen MR) is 74.5 cm³/mol. The molecule has 1 amide bonds. The van der Waals surface area contributed by atoms with E-state index >= 15 is 0 Å². The van der Waals surface area contributed by atoms with Gasteiger partial charge in [-0.1, -0.05) is 18.8 Å². The molecule has 0 aliphatic heterocycles. The Morgan fingerprint density at radius 1 is 1.53 bits per heavy atom. The van der Waals surface area contributed by atoms with Crippen molar-refractivity contribution < 1.29 is 4.79 Å². The number of carbonyl (C=O) groups is 1. The van der Waals surface area contributed by atoms with Gasteiger partial charge in [-0.15, -0.1) is 0 Å². The fraction of sp³-hybridized carbons (Fsp3) is 0.467. The first-order valence-electron chi connectivity index (χ1n) is 6.62. The smallest absolute Gasteiger partial charge is 0.269 e. The van der Waals surface area contributed by atoms with E-state index in [2.05, 4.69) is 29.1 Å². The zero-order chi connectivity index (χ0) is 13.7. The fourth-order valence-electron chi connectivity index (χ4n) is 1.95. The molecule has 1 aromatic heterocycles. The van der Waals surface area contributed by atoms with Crippen molar-refractivity contribution in [1.82, 2.24) is 10.3 Å². The summed E-state index contributed by atoms with van der Waals surface area (Å²) in [7, 11) is 0. The van der Waals surface area contributed by atoms with Crippen molar-refractivity contribution >= 4 is 5.91 Å². The first kappa shape index (κ1) is 13.6. The maximum absolute atomic E-state index is 11.9. The van der Waals surface area contributed by atoms with E-state index in [4.69, 9.17) is 5.73 Å². The third-order valence-electron chi connectivity index (χ3n) is 3.66. The summed E-state index contributed by atoms with van der Waals surface area (Å²) in [4.78, 5) is 16.1. The second kappa shape index (κ2) is 5.85. The third-order valence-corrected chi connectivity index (χ3v) is 3.66. The van der Waals surface area contributed by atoms with Crippen LogP contribution in [-0.4, -0.2) is 24.0 Å². The van der Waals surface area contributed by atoms with Crippen molar-refractivity contribution in [3.05, 3.63) is 29.6 Å². The Morgan fingerprint density at radius 3 is 2.84 bits per heavy atom. The molecule has 4 nitrogen and oxygen atoms in total. The maximum Gasteiger partial charge on any atom is 0.269 e. The Balaban J connectivity index is 1.92. The lowest BCUT2D eigenvalue weighted by atomic mass is 10.0. The molecule has 1 aromatic rings. The Kier molecular flexibility index (Phi) is 4.18. The standard InChI is InChI=1S/C15H19N3O/c1-2-15(7-8-15)11-18-14(19)13-6-5-12(10-17-13)4-3-9-16/h5-6,10H,2,7-9,11,16H2,1H3,(H,18,19). The lowest BCUT2D eigenvalue weighted by Crippen LogP contribution is -2.30. The molecule has 1 aliphatic rings. The minimum atomic E-state index is -0.113. The molecule has 0 unspecified atom stereocenters. The highest BCUT2D eigenvalue weighted by atomic mass is 16.1. The summed E-state index contributed by atoms with van der Waals surface area (Å²) in [6.07, 6.45) is 5.15. The molecule has 100 valence electrons. The number of hydrogen-bond donors (Lipinski definition) is 2. The molecule has 1 fully saturated rings. The quantitative estimate of drug-likeness (QED) is 0.799. The van der Waals surface area contributed by atoms with Crippen LogP contribution in [0.15, 0.2) is 18.3 Å². The third kappa shape index (κ3) is 3.55. The molecule has 1 aliphatic carbocycles. The molecular formula is C15H19N3O. The van der Waals surface area contributed by atoms with Crippen LogP contribution in [0.3, 0.4) is 0 Å². The minimum Gasteiger partial charge on any atom is -0.350 e. The number of nitrogens with two attached hydrogens (primary N) is 1. The minimum absolute atomic E-state index is 0.113. The van der Waals surface area contributed by atoms with E-state index in [9.17, 15) is 4.79 Å². The molecule has 19 heavy (non-hydrogen) atoms. The lowest BCUT2D eigenvalue weighted by Gasteiger charge is -2.12. The van der Waals surface area contributed by atoms with Crippen molar-refractivity contribution in [2.45, 2.75) is 26.2 Å². The van der Waals surface area contributed by atoms with Gasteiger partial charge in [0.15, 0.2) is 0 Å². The van der Waals surface area contributed by atoms with Gasteiger partial charge in [-0.25, -0.2) is 4.98 Å².